The van der Waals surface area contributed by atoms with E-state index in [0.29, 0.717) is 0 Å². The van der Waals surface area contributed by atoms with Gasteiger partial charge in [-0.05, 0) is 28.3 Å². The van der Waals surface area contributed by atoms with Crippen molar-refractivity contribution in [3.63, 3.8) is 0 Å². The van der Waals surface area contributed by atoms with Gasteiger partial charge in [0.2, 0.25) is 0 Å². The van der Waals surface area contributed by atoms with E-state index in [2.05, 4.69) is 10.5 Å². The Morgan fingerprint density at radius 3 is 2.60 bits per heavy atom. The zero-order valence-electron chi connectivity index (χ0n) is 10.8. The van der Waals surface area contributed by atoms with Crippen molar-refractivity contribution in [2.24, 2.45) is 10.8 Å². The molecule has 0 aromatic heterocycles. The Balaban J connectivity index is 2.15. The third-order valence-corrected chi connectivity index (χ3v) is 2.74. The Morgan fingerprint density at radius 2 is 1.95 bits per heavy atom. The molecule has 0 saturated heterocycles. The topological polar surface area (TPSA) is 87.7 Å². The summed E-state index contributed by atoms with van der Waals surface area (Å²) in [6, 6.07) is 14.7. The van der Waals surface area contributed by atoms with E-state index in [1.165, 1.54) is 6.21 Å². The van der Waals surface area contributed by atoms with E-state index in [4.69, 9.17) is 10.8 Å². The highest BCUT2D eigenvalue weighted by Gasteiger charge is 1.99. The molecule has 2 rings (SSSR count). The lowest BCUT2D eigenvalue weighted by Gasteiger charge is -2.04. The summed E-state index contributed by atoms with van der Waals surface area (Å²) in [6.07, 6.45) is 1.51. The Bertz CT molecular complexity index is 621. The Labute approximate surface area is 116 Å². The molecule has 0 spiro atoms. The summed E-state index contributed by atoms with van der Waals surface area (Å²) in [7, 11) is 0. The van der Waals surface area contributed by atoms with Crippen molar-refractivity contribution in [3.05, 3.63) is 59.7 Å². The molecule has 5 heteroatoms. The van der Waals surface area contributed by atoms with Gasteiger partial charge < -0.3 is 10.8 Å². The van der Waals surface area contributed by atoms with Gasteiger partial charge in [-0.15, -0.1) is 0 Å². The summed E-state index contributed by atoms with van der Waals surface area (Å²) in [4.78, 5) is 10.5. The second-order valence-corrected chi connectivity index (χ2v) is 4.21. The molecule has 0 saturated carbocycles. The minimum absolute atomic E-state index is 0.0252. The van der Waals surface area contributed by atoms with E-state index in [0.717, 1.165) is 22.3 Å². The largest absolute Gasteiger partial charge is 0.392 e. The number of nitrogens with two attached hydrogens (primary N) is 1. The lowest BCUT2D eigenvalue weighted by molar-refractivity contribution is 0.249. The van der Waals surface area contributed by atoms with Gasteiger partial charge in [-0.3, -0.25) is 0 Å². The van der Waals surface area contributed by atoms with E-state index in [1.54, 1.807) is 0 Å². The highest BCUT2D eigenvalue weighted by atomic mass is 16.3. The normalized spacial score (nSPS) is 10.7. The zero-order valence-corrected chi connectivity index (χ0v) is 10.8. The number of nitrogens with zero attached hydrogens (tertiary/aromatic N) is 1. The van der Waals surface area contributed by atoms with Crippen LogP contribution in [0.1, 0.15) is 11.1 Å². The number of benzene rings is 2. The van der Waals surface area contributed by atoms with Crippen LogP contribution in [0.5, 0.6) is 0 Å². The SMILES string of the molecule is NC(=O)NN=Cc1ccc(-c2cccc(CO)c2)cc1. The molecule has 0 aliphatic rings. The maximum absolute atomic E-state index is 10.5. The predicted molar refractivity (Wildman–Crippen MR) is 78.1 cm³/mol. The number of aliphatic hydroxyl groups is 1. The van der Waals surface area contributed by atoms with Crippen LogP contribution in [0.2, 0.25) is 0 Å². The second kappa shape index (κ2) is 6.49. The molecule has 0 heterocycles. The number of aliphatic hydroxyl groups excluding tert-OH is 1. The van der Waals surface area contributed by atoms with Crippen molar-refractivity contribution in [3.8, 4) is 11.1 Å². The molecule has 0 atom stereocenters. The first kappa shape index (κ1) is 13.8. The molecule has 0 fully saturated rings. The summed E-state index contributed by atoms with van der Waals surface area (Å²) in [5, 5.41) is 12.8. The van der Waals surface area contributed by atoms with Gasteiger partial charge in [0.25, 0.3) is 0 Å². The highest BCUT2D eigenvalue weighted by molar-refractivity contribution is 5.82. The van der Waals surface area contributed by atoms with Crippen molar-refractivity contribution in [2.75, 3.05) is 0 Å². The van der Waals surface area contributed by atoms with Crippen LogP contribution < -0.4 is 11.2 Å². The molecule has 102 valence electrons. The monoisotopic (exact) mass is 269 g/mol. The number of nitrogens with one attached hydrogen (secondary N) is 1. The van der Waals surface area contributed by atoms with E-state index in [9.17, 15) is 4.79 Å². The van der Waals surface area contributed by atoms with Gasteiger partial charge in [0.15, 0.2) is 0 Å². The van der Waals surface area contributed by atoms with Crippen molar-refractivity contribution < 1.29 is 9.90 Å². The number of amides is 2. The quantitative estimate of drug-likeness (QED) is 0.584. The molecular weight excluding hydrogens is 254 g/mol. The molecule has 2 amide bonds. The first-order chi connectivity index (χ1) is 9.69. The van der Waals surface area contributed by atoms with Crippen LogP contribution in [0.15, 0.2) is 53.6 Å². The fourth-order valence-corrected chi connectivity index (χ4v) is 1.78. The molecule has 20 heavy (non-hydrogen) atoms. The van der Waals surface area contributed by atoms with Gasteiger partial charge in [0.05, 0.1) is 12.8 Å². The molecule has 2 aromatic carbocycles. The highest BCUT2D eigenvalue weighted by Crippen LogP contribution is 2.20. The van der Waals surface area contributed by atoms with Crippen LogP contribution in [0.3, 0.4) is 0 Å². The zero-order chi connectivity index (χ0) is 14.4. The Morgan fingerprint density at radius 1 is 1.20 bits per heavy atom. The number of urea groups is 1. The van der Waals surface area contributed by atoms with E-state index in [1.807, 2.05) is 48.5 Å². The predicted octanol–water partition coefficient (Wildman–Crippen LogP) is 1.85. The molecule has 4 N–H and O–H groups in total. The number of hydrogen-bond acceptors (Lipinski definition) is 3. The van der Waals surface area contributed by atoms with Crippen LogP contribution in [0.4, 0.5) is 4.79 Å². The summed E-state index contributed by atoms with van der Waals surface area (Å²) in [5.74, 6) is 0. The fraction of sp³-hybridized carbons (Fsp3) is 0.0667. The smallest absolute Gasteiger partial charge is 0.332 e. The van der Waals surface area contributed by atoms with Crippen molar-refractivity contribution in [1.29, 1.82) is 0 Å². The maximum Gasteiger partial charge on any atom is 0.332 e. The number of carbonyl (C=O) groups is 1. The van der Waals surface area contributed by atoms with Gasteiger partial charge in [-0.1, -0.05) is 42.5 Å². The van der Waals surface area contributed by atoms with Crippen LogP contribution in [-0.4, -0.2) is 17.4 Å². The van der Waals surface area contributed by atoms with Gasteiger partial charge in [-0.25, -0.2) is 10.2 Å². The Hall–Kier alpha value is -2.66. The van der Waals surface area contributed by atoms with Gasteiger partial charge in [-0.2, -0.15) is 5.10 Å². The minimum Gasteiger partial charge on any atom is -0.392 e. The third-order valence-electron chi connectivity index (χ3n) is 2.74. The summed E-state index contributed by atoms with van der Waals surface area (Å²) in [5.41, 5.74) is 10.8. The summed E-state index contributed by atoms with van der Waals surface area (Å²) >= 11 is 0. The van der Waals surface area contributed by atoms with E-state index < -0.39 is 6.03 Å². The number of hydrazone groups is 1. The van der Waals surface area contributed by atoms with Gasteiger partial charge >= 0.3 is 6.03 Å². The molecule has 0 aliphatic carbocycles. The molecule has 0 unspecified atom stereocenters. The van der Waals surface area contributed by atoms with Crippen LogP contribution in [0, 0.1) is 0 Å². The first-order valence-corrected chi connectivity index (χ1v) is 6.08. The van der Waals surface area contributed by atoms with Crippen LogP contribution >= 0.6 is 0 Å². The maximum atomic E-state index is 10.5. The average molecular weight is 269 g/mol. The first-order valence-electron chi connectivity index (χ1n) is 6.08. The molecule has 0 aliphatic heterocycles. The van der Waals surface area contributed by atoms with Crippen LogP contribution in [-0.2, 0) is 6.61 Å². The van der Waals surface area contributed by atoms with Crippen molar-refractivity contribution >= 4 is 12.2 Å². The number of primary amides is 1. The summed E-state index contributed by atoms with van der Waals surface area (Å²) < 4.78 is 0. The molecular formula is C15H15N3O2. The lowest BCUT2D eigenvalue weighted by Crippen LogP contribution is -2.24. The van der Waals surface area contributed by atoms with Crippen molar-refractivity contribution in [2.45, 2.75) is 6.61 Å². The van der Waals surface area contributed by atoms with E-state index >= 15 is 0 Å². The number of rotatable bonds is 4. The van der Waals surface area contributed by atoms with Gasteiger partial charge in [0, 0.05) is 0 Å². The minimum atomic E-state index is -0.696. The van der Waals surface area contributed by atoms with Gasteiger partial charge in [0.1, 0.15) is 0 Å². The molecule has 2 aromatic rings. The Kier molecular flexibility index (Phi) is 4.47. The summed E-state index contributed by atoms with van der Waals surface area (Å²) in [6.45, 7) is 0.0252. The molecule has 0 bridgehead atoms. The molecule has 0 radical (unpaired) electrons. The number of carbonyl (C=O) groups excluding carboxylic acids is 1. The second-order valence-electron chi connectivity index (χ2n) is 4.21. The van der Waals surface area contributed by atoms with Crippen LogP contribution in [0.25, 0.3) is 11.1 Å². The lowest BCUT2D eigenvalue weighted by atomic mass is 10.0. The standard InChI is InChI=1S/C15H15N3O2/c16-15(20)18-17-9-11-4-6-13(7-5-11)14-3-1-2-12(8-14)10-19/h1-9,19H,10H2,(H3,16,18,20). The number of hydrogen-bond donors (Lipinski definition) is 3. The van der Waals surface area contributed by atoms with Crippen molar-refractivity contribution in [1.82, 2.24) is 5.43 Å². The average Bonchev–Trinajstić information content (AvgIpc) is 2.48. The molecule has 5 nitrogen and oxygen atoms in total. The third kappa shape index (κ3) is 3.66. The fourth-order valence-electron chi connectivity index (χ4n) is 1.78. The van der Waals surface area contributed by atoms with E-state index in [-0.39, 0.29) is 6.61 Å².